The minimum absolute atomic E-state index is 0.0959. The fraction of sp³-hybridized carbons (Fsp3) is 0.312. The minimum Gasteiger partial charge on any atom is -0.351 e. The van der Waals surface area contributed by atoms with Crippen LogP contribution in [0.2, 0.25) is 0 Å². The van der Waals surface area contributed by atoms with Gasteiger partial charge in [-0.05, 0) is 31.2 Å². The van der Waals surface area contributed by atoms with E-state index < -0.39 is 32.5 Å². The van der Waals surface area contributed by atoms with Gasteiger partial charge in [-0.3, -0.25) is 0 Å². The fourth-order valence-corrected chi connectivity index (χ4v) is 4.42. The fourth-order valence-electron chi connectivity index (χ4n) is 2.87. The lowest BCUT2D eigenvalue weighted by molar-refractivity contribution is 0.340. The zero-order chi connectivity index (χ0) is 18.2. The van der Waals surface area contributed by atoms with Crippen molar-refractivity contribution in [2.75, 3.05) is 24.5 Å². The number of aromatic nitrogens is 1. The first-order valence-corrected chi connectivity index (χ1v) is 9.07. The smallest absolute Gasteiger partial charge is 0.243 e. The molecule has 25 heavy (non-hydrogen) atoms. The van der Waals surface area contributed by atoms with Gasteiger partial charge in [0.2, 0.25) is 16.0 Å². The Morgan fingerprint density at radius 1 is 1.08 bits per heavy atom. The molecule has 0 amide bonds. The lowest BCUT2D eigenvalue weighted by Crippen LogP contribution is -2.54. The molecule has 1 aliphatic rings. The second kappa shape index (κ2) is 6.64. The molecule has 1 aromatic heterocycles. The van der Waals surface area contributed by atoms with Crippen molar-refractivity contribution in [3.63, 3.8) is 0 Å². The first-order valence-electron chi connectivity index (χ1n) is 7.63. The maximum absolute atomic E-state index is 13.3. The molecule has 134 valence electrons. The quantitative estimate of drug-likeness (QED) is 0.778. The summed E-state index contributed by atoms with van der Waals surface area (Å²) in [5, 5.41) is 0. The largest absolute Gasteiger partial charge is 0.351 e. The molecule has 2 heterocycles. The molecule has 1 aromatic carbocycles. The van der Waals surface area contributed by atoms with E-state index in [0.29, 0.717) is 11.9 Å². The van der Waals surface area contributed by atoms with Crippen molar-refractivity contribution in [3.05, 3.63) is 54.0 Å². The molecule has 1 atom stereocenters. The van der Waals surface area contributed by atoms with Gasteiger partial charge in [-0.2, -0.15) is 8.70 Å². The standard InChI is InChI=1S/C16H16F3N3O2S/c1-11-10-21(5-6-22(11)16-4-2-3-15(19)20-16)25(23,24)14-8-12(17)7-13(18)9-14/h2-4,7-9,11H,5-6,10H2,1H3. The molecule has 0 saturated carbocycles. The van der Waals surface area contributed by atoms with Crippen molar-refractivity contribution in [2.45, 2.75) is 17.9 Å². The normalized spacial score (nSPS) is 19.2. The molecule has 3 rings (SSSR count). The average molecular weight is 371 g/mol. The Kier molecular flexibility index (Phi) is 4.70. The number of benzene rings is 1. The van der Waals surface area contributed by atoms with Crippen LogP contribution in [0.4, 0.5) is 19.0 Å². The van der Waals surface area contributed by atoms with E-state index in [0.717, 1.165) is 12.1 Å². The van der Waals surface area contributed by atoms with Crippen molar-refractivity contribution in [3.8, 4) is 0 Å². The predicted molar refractivity (Wildman–Crippen MR) is 86.1 cm³/mol. The molecular weight excluding hydrogens is 355 g/mol. The van der Waals surface area contributed by atoms with E-state index >= 15 is 0 Å². The Labute approximate surface area is 143 Å². The van der Waals surface area contributed by atoms with Gasteiger partial charge in [0.25, 0.3) is 0 Å². The van der Waals surface area contributed by atoms with Crippen LogP contribution in [0.5, 0.6) is 0 Å². The van der Waals surface area contributed by atoms with Gasteiger partial charge < -0.3 is 4.90 Å². The summed E-state index contributed by atoms with van der Waals surface area (Å²) in [7, 11) is -4.02. The summed E-state index contributed by atoms with van der Waals surface area (Å²) >= 11 is 0. The van der Waals surface area contributed by atoms with Crippen LogP contribution in [0.3, 0.4) is 0 Å². The van der Waals surface area contributed by atoms with E-state index in [1.54, 1.807) is 17.9 Å². The Bertz CT molecular complexity index is 872. The van der Waals surface area contributed by atoms with Gasteiger partial charge >= 0.3 is 0 Å². The lowest BCUT2D eigenvalue weighted by atomic mass is 10.2. The summed E-state index contributed by atoms with van der Waals surface area (Å²) in [6.45, 7) is 2.26. The summed E-state index contributed by atoms with van der Waals surface area (Å²) in [6.07, 6.45) is 0. The number of hydrogen-bond acceptors (Lipinski definition) is 4. The van der Waals surface area contributed by atoms with Crippen molar-refractivity contribution >= 4 is 15.8 Å². The third-order valence-corrected chi connectivity index (χ3v) is 5.90. The molecule has 0 spiro atoms. The highest BCUT2D eigenvalue weighted by Gasteiger charge is 2.33. The number of sulfonamides is 1. The van der Waals surface area contributed by atoms with Crippen molar-refractivity contribution in [2.24, 2.45) is 0 Å². The zero-order valence-corrected chi connectivity index (χ0v) is 14.2. The molecule has 2 aromatic rings. The van der Waals surface area contributed by atoms with Crippen molar-refractivity contribution in [1.82, 2.24) is 9.29 Å². The first kappa shape index (κ1) is 17.7. The van der Waals surface area contributed by atoms with Gasteiger partial charge in [-0.25, -0.2) is 22.2 Å². The minimum atomic E-state index is -4.02. The monoisotopic (exact) mass is 371 g/mol. The van der Waals surface area contributed by atoms with Crippen LogP contribution < -0.4 is 4.90 Å². The molecule has 1 fully saturated rings. The van der Waals surface area contributed by atoms with Crippen LogP contribution in [0.15, 0.2) is 41.3 Å². The second-order valence-corrected chi connectivity index (χ2v) is 7.77. The highest BCUT2D eigenvalue weighted by molar-refractivity contribution is 7.89. The Hall–Kier alpha value is -2.13. The van der Waals surface area contributed by atoms with Gasteiger partial charge in [0, 0.05) is 31.7 Å². The summed E-state index contributed by atoms with van der Waals surface area (Å²) < 4.78 is 66.4. The average Bonchev–Trinajstić information content (AvgIpc) is 2.53. The number of rotatable bonds is 3. The molecule has 1 unspecified atom stereocenters. The maximum atomic E-state index is 13.3. The number of nitrogens with zero attached hydrogens (tertiary/aromatic N) is 3. The topological polar surface area (TPSA) is 53.5 Å². The Morgan fingerprint density at radius 3 is 2.36 bits per heavy atom. The van der Waals surface area contributed by atoms with Crippen LogP contribution >= 0.6 is 0 Å². The van der Waals surface area contributed by atoms with Gasteiger partial charge in [0.05, 0.1) is 4.90 Å². The predicted octanol–water partition coefficient (Wildman–Crippen LogP) is 2.40. The maximum Gasteiger partial charge on any atom is 0.243 e. The first-order chi connectivity index (χ1) is 11.8. The van der Waals surface area contributed by atoms with E-state index in [1.165, 1.54) is 16.4 Å². The lowest BCUT2D eigenvalue weighted by Gasteiger charge is -2.39. The summed E-state index contributed by atoms with van der Waals surface area (Å²) in [4.78, 5) is 5.18. The van der Waals surface area contributed by atoms with Crippen LogP contribution in [0, 0.1) is 17.6 Å². The number of anilines is 1. The molecule has 9 heteroatoms. The van der Waals surface area contributed by atoms with Gasteiger partial charge in [0.15, 0.2) is 0 Å². The molecule has 1 saturated heterocycles. The van der Waals surface area contributed by atoms with E-state index in [-0.39, 0.29) is 25.7 Å². The molecule has 1 aliphatic heterocycles. The van der Waals surface area contributed by atoms with Crippen LogP contribution in [-0.2, 0) is 10.0 Å². The third-order valence-electron chi connectivity index (χ3n) is 4.06. The van der Waals surface area contributed by atoms with Crippen molar-refractivity contribution in [1.29, 1.82) is 0 Å². The Morgan fingerprint density at radius 2 is 1.76 bits per heavy atom. The summed E-state index contributed by atoms with van der Waals surface area (Å²) in [5.74, 6) is -2.10. The van der Waals surface area contributed by atoms with E-state index in [1.807, 2.05) is 0 Å². The van der Waals surface area contributed by atoms with Crippen LogP contribution in [0.25, 0.3) is 0 Å². The van der Waals surface area contributed by atoms with E-state index in [4.69, 9.17) is 0 Å². The van der Waals surface area contributed by atoms with Crippen molar-refractivity contribution < 1.29 is 21.6 Å². The summed E-state index contributed by atoms with van der Waals surface area (Å²) in [6, 6.07) is 6.33. The Balaban J connectivity index is 1.82. The van der Waals surface area contributed by atoms with Gasteiger partial charge in [-0.15, -0.1) is 0 Å². The molecule has 0 N–H and O–H groups in total. The molecule has 0 bridgehead atoms. The second-order valence-electron chi connectivity index (χ2n) is 5.83. The SMILES string of the molecule is CC1CN(S(=O)(=O)c2cc(F)cc(F)c2)CCN1c1cccc(F)n1. The molecule has 5 nitrogen and oxygen atoms in total. The van der Waals surface area contributed by atoms with E-state index in [9.17, 15) is 21.6 Å². The molecular formula is C16H16F3N3O2S. The molecule has 0 radical (unpaired) electrons. The zero-order valence-electron chi connectivity index (χ0n) is 13.4. The van der Waals surface area contributed by atoms with Gasteiger partial charge in [-0.1, -0.05) is 6.07 Å². The van der Waals surface area contributed by atoms with Crippen LogP contribution in [0.1, 0.15) is 6.92 Å². The number of pyridine rings is 1. The van der Waals surface area contributed by atoms with Crippen LogP contribution in [-0.4, -0.2) is 43.4 Å². The highest BCUT2D eigenvalue weighted by atomic mass is 32.2. The summed E-state index contributed by atoms with van der Waals surface area (Å²) in [5.41, 5.74) is 0. The molecule has 0 aliphatic carbocycles. The van der Waals surface area contributed by atoms with Gasteiger partial charge in [0.1, 0.15) is 17.5 Å². The number of halogens is 3. The van der Waals surface area contributed by atoms with E-state index in [2.05, 4.69) is 4.98 Å². The number of piperazine rings is 1. The highest BCUT2D eigenvalue weighted by Crippen LogP contribution is 2.24. The number of hydrogen-bond donors (Lipinski definition) is 0. The third kappa shape index (κ3) is 3.62.